The number of unbranched alkanes of at least 4 members (excludes halogenated alkanes) is 4. The predicted octanol–water partition coefficient (Wildman–Crippen LogP) is 5.58. The molecule has 0 saturated heterocycles. The summed E-state index contributed by atoms with van der Waals surface area (Å²) in [6.45, 7) is 17.3. The van der Waals surface area contributed by atoms with Gasteiger partial charge >= 0.3 is 6.09 Å². The number of rotatable bonds is 12. The molecule has 0 spiro atoms. The average Bonchev–Trinajstić information content (AvgIpc) is 2.72. The quantitative estimate of drug-likeness (QED) is 0.375. The Kier molecular flexibility index (Phi) is 12.3. The van der Waals surface area contributed by atoms with Crippen LogP contribution in [-0.2, 0) is 14.3 Å². The molecule has 0 aliphatic carbocycles. The van der Waals surface area contributed by atoms with E-state index in [1.807, 2.05) is 45.9 Å². The van der Waals surface area contributed by atoms with Gasteiger partial charge in [-0.05, 0) is 72.9 Å². The van der Waals surface area contributed by atoms with Crippen LogP contribution in [0.25, 0.3) is 0 Å². The fraction of sp³-hybridized carbons (Fsp3) is 0.679. The zero-order chi connectivity index (χ0) is 26.8. The number of carbonyl (C=O) groups is 3. The van der Waals surface area contributed by atoms with Gasteiger partial charge in [0.05, 0.1) is 0 Å². The molecular formula is C28H47N3O4. The maximum Gasteiger partial charge on any atom is 0.408 e. The van der Waals surface area contributed by atoms with Crippen molar-refractivity contribution < 1.29 is 19.1 Å². The number of carbonyl (C=O) groups excluding carboxylic acids is 3. The number of hydrogen-bond donors (Lipinski definition) is 2. The Hall–Kier alpha value is -2.57. The summed E-state index contributed by atoms with van der Waals surface area (Å²) >= 11 is 0. The van der Waals surface area contributed by atoms with Gasteiger partial charge in [-0.3, -0.25) is 9.59 Å². The summed E-state index contributed by atoms with van der Waals surface area (Å²) < 4.78 is 5.34. The van der Waals surface area contributed by atoms with Crippen LogP contribution in [0.4, 0.5) is 4.79 Å². The first-order valence-electron chi connectivity index (χ1n) is 12.9. The van der Waals surface area contributed by atoms with Gasteiger partial charge in [0.1, 0.15) is 17.7 Å². The minimum atomic E-state index is -0.847. The topological polar surface area (TPSA) is 87.7 Å². The summed E-state index contributed by atoms with van der Waals surface area (Å²) in [5, 5.41) is 5.66. The number of ether oxygens (including phenoxy) is 1. The number of nitrogens with zero attached hydrogens (tertiary/aromatic N) is 1. The molecule has 2 N–H and O–H groups in total. The molecule has 7 nitrogen and oxygen atoms in total. The first-order valence-corrected chi connectivity index (χ1v) is 12.9. The van der Waals surface area contributed by atoms with E-state index < -0.39 is 23.8 Å². The molecule has 0 saturated carbocycles. The third-order valence-corrected chi connectivity index (χ3v) is 5.61. The van der Waals surface area contributed by atoms with E-state index >= 15 is 0 Å². The van der Waals surface area contributed by atoms with E-state index in [1.165, 1.54) is 0 Å². The number of benzene rings is 1. The van der Waals surface area contributed by atoms with Crippen LogP contribution in [0.2, 0.25) is 0 Å². The van der Waals surface area contributed by atoms with Crippen molar-refractivity contribution in [2.75, 3.05) is 6.54 Å². The standard InChI is InChI=1S/C28H47N3O4/c1-10-11-12-13-14-17-31(26(33)22(6)30-27(34)35-28(7,8)9)24(25(32)29-19(2)3)23-18-20(4)15-16-21(23)5/h15-16,18-19,22,24H,10-14,17H2,1-9H3,(H,29,32)(H,30,34). The van der Waals surface area contributed by atoms with Gasteiger partial charge in [0.25, 0.3) is 0 Å². The molecule has 0 radical (unpaired) electrons. The summed E-state index contributed by atoms with van der Waals surface area (Å²) in [6.07, 6.45) is 4.44. The summed E-state index contributed by atoms with van der Waals surface area (Å²) in [7, 11) is 0. The Labute approximate surface area is 212 Å². The summed E-state index contributed by atoms with van der Waals surface area (Å²) in [5.41, 5.74) is 2.08. The van der Waals surface area contributed by atoms with Crippen molar-refractivity contribution in [3.8, 4) is 0 Å². The van der Waals surface area contributed by atoms with Crippen LogP contribution in [0.3, 0.4) is 0 Å². The third-order valence-electron chi connectivity index (χ3n) is 5.61. The lowest BCUT2D eigenvalue weighted by Gasteiger charge is -2.35. The van der Waals surface area contributed by atoms with Crippen molar-refractivity contribution in [1.29, 1.82) is 0 Å². The van der Waals surface area contributed by atoms with Gasteiger partial charge in [0.2, 0.25) is 11.8 Å². The first-order chi connectivity index (χ1) is 16.3. The maximum absolute atomic E-state index is 13.7. The Morgan fingerprint density at radius 2 is 1.60 bits per heavy atom. The first kappa shape index (κ1) is 30.5. The van der Waals surface area contributed by atoms with Gasteiger partial charge < -0.3 is 20.3 Å². The molecule has 2 unspecified atom stereocenters. The maximum atomic E-state index is 13.7. The summed E-state index contributed by atoms with van der Waals surface area (Å²) in [5.74, 6) is -0.531. The minimum Gasteiger partial charge on any atom is -0.444 e. The Morgan fingerprint density at radius 3 is 2.17 bits per heavy atom. The number of hydrogen-bond acceptors (Lipinski definition) is 4. The van der Waals surface area contributed by atoms with Crippen LogP contribution in [0, 0.1) is 13.8 Å². The van der Waals surface area contributed by atoms with Crippen LogP contribution < -0.4 is 10.6 Å². The van der Waals surface area contributed by atoms with Crippen LogP contribution in [0.1, 0.15) is 103 Å². The van der Waals surface area contributed by atoms with E-state index in [9.17, 15) is 14.4 Å². The fourth-order valence-electron chi connectivity index (χ4n) is 3.92. The molecule has 7 heteroatoms. The summed E-state index contributed by atoms with van der Waals surface area (Å²) in [6, 6.07) is 4.24. The second-order valence-corrected chi connectivity index (χ2v) is 10.7. The van der Waals surface area contributed by atoms with Crippen molar-refractivity contribution >= 4 is 17.9 Å². The number of nitrogens with one attached hydrogen (secondary N) is 2. The van der Waals surface area contributed by atoms with Gasteiger partial charge in [-0.15, -0.1) is 0 Å². The monoisotopic (exact) mass is 489 g/mol. The highest BCUT2D eigenvalue weighted by Gasteiger charge is 2.35. The Morgan fingerprint density at radius 1 is 0.971 bits per heavy atom. The molecule has 1 aromatic rings. The smallest absolute Gasteiger partial charge is 0.408 e. The predicted molar refractivity (Wildman–Crippen MR) is 141 cm³/mol. The number of aryl methyl sites for hydroxylation is 2. The molecule has 198 valence electrons. The van der Waals surface area contributed by atoms with Gasteiger partial charge in [-0.2, -0.15) is 0 Å². The van der Waals surface area contributed by atoms with E-state index in [-0.39, 0.29) is 17.9 Å². The van der Waals surface area contributed by atoms with Crippen LogP contribution in [0.15, 0.2) is 18.2 Å². The minimum absolute atomic E-state index is 0.0751. The third kappa shape index (κ3) is 10.7. The number of alkyl carbamates (subject to hydrolysis) is 1. The highest BCUT2D eigenvalue weighted by atomic mass is 16.6. The molecule has 0 aliphatic heterocycles. The Bertz CT molecular complexity index is 845. The van der Waals surface area contributed by atoms with Crippen molar-refractivity contribution in [1.82, 2.24) is 15.5 Å². The molecule has 35 heavy (non-hydrogen) atoms. The van der Waals surface area contributed by atoms with Crippen molar-refractivity contribution in [3.63, 3.8) is 0 Å². The molecule has 0 fully saturated rings. The molecule has 0 aromatic heterocycles. The van der Waals surface area contributed by atoms with Gasteiger partial charge in [-0.25, -0.2) is 4.79 Å². The van der Waals surface area contributed by atoms with Gasteiger partial charge in [-0.1, -0.05) is 56.4 Å². The molecular weight excluding hydrogens is 442 g/mol. The van der Waals surface area contributed by atoms with E-state index in [2.05, 4.69) is 17.6 Å². The fourth-order valence-corrected chi connectivity index (χ4v) is 3.92. The van der Waals surface area contributed by atoms with Crippen LogP contribution in [0.5, 0.6) is 0 Å². The molecule has 0 heterocycles. The zero-order valence-electron chi connectivity index (χ0n) is 23.3. The van der Waals surface area contributed by atoms with Crippen molar-refractivity contribution in [3.05, 3.63) is 34.9 Å². The lowest BCUT2D eigenvalue weighted by Crippen LogP contribution is -2.52. The number of amides is 3. The molecule has 2 atom stereocenters. The highest BCUT2D eigenvalue weighted by molar-refractivity contribution is 5.92. The largest absolute Gasteiger partial charge is 0.444 e. The van der Waals surface area contributed by atoms with Crippen molar-refractivity contribution in [2.45, 2.75) is 118 Å². The second-order valence-electron chi connectivity index (χ2n) is 10.7. The van der Waals surface area contributed by atoms with Crippen LogP contribution in [-0.4, -0.2) is 47.0 Å². The summed E-state index contributed by atoms with van der Waals surface area (Å²) in [4.78, 5) is 41.3. The van der Waals surface area contributed by atoms with Crippen molar-refractivity contribution in [2.24, 2.45) is 0 Å². The van der Waals surface area contributed by atoms with Gasteiger partial charge in [0.15, 0.2) is 0 Å². The Balaban J connectivity index is 3.35. The zero-order valence-corrected chi connectivity index (χ0v) is 23.3. The normalized spacial score (nSPS) is 13.2. The van der Waals surface area contributed by atoms with Crippen LogP contribution >= 0.6 is 0 Å². The lowest BCUT2D eigenvalue weighted by atomic mass is 9.95. The molecule has 3 amide bonds. The van der Waals surface area contributed by atoms with E-state index in [1.54, 1.807) is 32.6 Å². The molecule has 1 rings (SSSR count). The average molecular weight is 490 g/mol. The van der Waals surface area contributed by atoms with E-state index in [0.717, 1.165) is 48.8 Å². The van der Waals surface area contributed by atoms with E-state index in [4.69, 9.17) is 4.74 Å². The van der Waals surface area contributed by atoms with Gasteiger partial charge in [0, 0.05) is 12.6 Å². The highest BCUT2D eigenvalue weighted by Crippen LogP contribution is 2.27. The molecule has 1 aromatic carbocycles. The van der Waals surface area contributed by atoms with E-state index in [0.29, 0.717) is 6.54 Å². The second kappa shape index (κ2) is 14.1. The SMILES string of the molecule is CCCCCCCN(C(=O)C(C)NC(=O)OC(C)(C)C)C(C(=O)NC(C)C)c1cc(C)ccc1C. The molecule has 0 aliphatic rings. The molecule has 0 bridgehead atoms. The lowest BCUT2D eigenvalue weighted by molar-refractivity contribution is -0.142.